The molecule has 1 aliphatic heterocycles. The van der Waals surface area contributed by atoms with Gasteiger partial charge in [0.1, 0.15) is 0 Å². The molecule has 2 rings (SSSR count). The van der Waals surface area contributed by atoms with Crippen LogP contribution in [0.5, 0.6) is 0 Å². The Labute approximate surface area is 101 Å². The average molecular weight is 236 g/mol. The molecule has 2 heterocycles. The largest absolute Gasteiger partial charge is 0.347 e. The van der Waals surface area contributed by atoms with E-state index in [0.29, 0.717) is 0 Å². The molecule has 5 nitrogen and oxygen atoms in total. The van der Waals surface area contributed by atoms with E-state index >= 15 is 0 Å². The number of aromatic nitrogens is 2. The summed E-state index contributed by atoms with van der Waals surface area (Å²) in [6.45, 7) is 9.69. The Morgan fingerprint density at radius 3 is 2.65 bits per heavy atom. The molecule has 0 unspecified atom stereocenters. The monoisotopic (exact) mass is 236 g/mol. The summed E-state index contributed by atoms with van der Waals surface area (Å²) >= 11 is 0. The number of nitrogens with zero attached hydrogens (tertiary/aromatic N) is 3. The fraction of sp³-hybridized carbons (Fsp3) is 0.667. The Morgan fingerprint density at radius 1 is 1.29 bits per heavy atom. The van der Waals surface area contributed by atoms with E-state index in [9.17, 15) is 4.79 Å². The van der Waals surface area contributed by atoms with Crippen molar-refractivity contribution in [2.75, 3.05) is 32.7 Å². The van der Waals surface area contributed by atoms with Gasteiger partial charge in [0.15, 0.2) is 0 Å². The smallest absolute Gasteiger partial charge is 0.314 e. The van der Waals surface area contributed by atoms with Crippen LogP contribution in [0.1, 0.15) is 11.4 Å². The lowest BCUT2D eigenvalue weighted by molar-refractivity contribution is 0.230. The second-order valence-corrected chi connectivity index (χ2v) is 4.56. The van der Waals surface area contributed by atoms with Gasteiger partial charge in [-0.15, -0.1) is 0 Å². The van der Waals surface area contributed by atoms with Gasteiger partial charge in [0.25, 0.3) is 0 Å². The maximum Gasteiger partial charge on any atom is 0.347 e. The van der Waals surface area contributed by atoms with Gasteiger partial charge in [-0.25, -0.2) is 4.79 Å². The van der Waals surface area contributed by atoms with Crippen LogP contribution in [0.3, 0.4) is 0 Å². The van der Waals surface area contributed by atoms with Crippen LogP contribution in [0.4, 0.5) is 0 Å². The molecular formula is C12H20N4O. The molecule has 1 aromatic heterocycles. The fourth-order valence-electron chi connectivity index (χ4n) is 2.22. The van der Waals surface area contributed by atoms with E-state index in [1.54, 1.807) is 4.57 Å². The predicted octanol–water partition coefficient (Wildman–Crippen LogP) is -0.235. The van der Waals surface area contributed by atoms with Gasteiger partial charge in [-0.1, -0.05) is 0 Å². The maximum absolute atomic E-state index is 11.8. The summed E-state index contributed by atoms with van der Waals surface area (Å²) in [4.78, 5) is 18.1. The third-order valence-electron chi connectivity index (χ3n) is 3.20. The van der Waals surface area contributed by atoms with Crippen molar-refractivity contribution in [2.45, 2.75) is 20.4 Å². The van der Waals surface area contributed by atoms with Crippen molar-refractivity contribution in [2.24, 2.45) is 0 Å². The molecule has 1 aliphatic rings. The minimum absolute atomic E-state index is 0.127. The maximum atomic E-state index is 11.8. The molecule has 0 radical (unpaired) electrons. The molecule has 0 atom stereocenters. The number of piperazine rings is 1. The standard InChI is InChI=1S/C12H20N4O/c1-10-9-11(2)16(12(17)14-10)8-7-15-5-3-13-4-6-15/h9,13H,3-8H2,1-2H3. The van der Waals surface area contributed by atoms with Gasteiger partial charge in [0.05, 0.1) is 0 Å². The van der Waals surface area contributed by atoms with Crippen molar-refractivity contribution in [3.05, 3.63) is 27.9 Å². The Hall–Kier alpha value is -1.20. The zero-order valence-corrected chi connectivity index (χ0v) is 10.6. The lowest BCUT2D eigenvalue weighted by atomic mass is 10.3. The molecular weight excluding hydrogens is 216 g/mol. The molecule has 1 N–H and O–H groups in total. The van der Waals surface area contributed by atoms with Crippen LogP contribution in [0.15, 0.2) is 10.9 Å². The molecule has 0 saturated carbocycles. The fourth-order valence-corrected chi connectivity index (χ4v) is 2.22. The molecule has 1 aromatic rings. The quantitative estimate of drug-likeness (QED) is 0.787. The first-order chi connectivity index (χ1) is 8.16. The molecule has 0 aliphatic carbocycles. The number of aryl methyl sites for hydroxylation is 2. The van der Waals surface area contributed by atoms with Crippen molar-refractivity contribution in [3.63, 3.8) is 0 Å². The SMILES string of the molecule is Cc1cc(C)n(CCN2CCNCC2)c(=O)n1. The third kappa shape index (κ3) is 3.14. The summed E-state index contributed by atoms with van der Waals surface area (Å²) in [6.07, 6.45) is 0. The summed E-state index contributed by atoms with van der Waals surface area (Å²) in [5.74, 6) is 0. The normalized spacial score (nSPS) is 17.3. The van der Waals surface area contributed by atoms with Gasteiger partial charge in [-0.3, -0.25) is 9.47 Å². The van der Waals surface area contributed by atoms with Crippen LogP contribution in [0.2, 0.25) is 0 Å². The number of hydrogen-bond acceptors (Lipinski definition) is 4. The zero-order chi connectivity index (χ0) is 12.3. The molecule has 0 spiro atoms. The molecule has 0 amide bonds. The molecule has 17 heavy (non-hydrogen) atoms. The van der Waals surface area contributed by atoms with Crippen molar-refractivity contribution >= 4 is 0 Å². The highest BCUT2D eigenvalue weighted by Crippen LogP contribution is 1.98. The molecule has 5 heteroatoms. The van der Waals surface area contributed by atoms with E-state index in [0.717, 1.165) is 50.7 Å². The van der Waals surface area contributed by atoms with Crippen LogP contribution < -0.4 is 11.0 Å². The van der Waals surface area contributed by atoms with Crippen LogP contribution in [0, 0.1) is 13.8 Å². The third-order valence-corrected chi connectivity index (χ3v) is 3.20. The number of nitrogens with one attached hydrogen (secondary N) is 1. The van der Waals surface area contributed by atoms with Crippen molar-refractivity contribution in [1.82, 2.24) is 19.8 Å². The van der Waals surface area contributed by atoms with E-state index in [1.165, 1.54) is 0 Å². The van der Waals surface area contributed by atoms with E-state index < -0.39 is 0 Å². The van der Waals surface area contributed by atoms with Gasteiger partial charge in [-0.05, 0) is 19.9 Å². The number of hydrogen-bond donors (Lipinski definition) is 1. The van der Waals surface area contributed by atoms with E-state index in [4.69, 9.17) is 0 Å². The Morgan fingerprint density at radius 2 is 2.00 bits per heavy atom. The summed E-state index contributed by atoms with van der Waals surface area (Å²) in [6, 6.07) is 1.96. The van der Waals surface area contributed by atoms with Gasteiger partial charge < -0.3 is 5.32 Å². The van der Waals surface area contributed by atoms with Crippen molar-refractivity contribution in [3.8, 4) is 0 Å². The van der Waals surface area contributed by atoms with E-state index in [2.05, 4.69) is 15.2 Å². The summed E-state index contributed by atoms with van der Waals surface area (Å²) in [5.41, 5.74) is 1.67. The van der Waals surface area contributed by atoms with Crippen LogP contribution in [0.25, 0.3) is 0 Å². The first kappa shape index (κ1) is 12.3. The summed E-state index contributed by atoms with van der Waals surface area (Å²) in [7, 11) is 0. The Bertz CT molecular complexity index is 435. The van der Waals surface area contributed by atoms with Crippen LogP contribution in [-0.4, -0.2) is 47.2 Å². The Balaban J connectivity index is 2.01. The lowest BCUT2D eigenvalue weighted by Gasteiger charge is -2.27. The van der Waals surface area contributed by atoms with E-state index in [1.807, 2.05) is 19.9 Å². The molecule has 1 fully saturated rings. The van der Waals surface area contributed by atoms with Gasteiger partial charge in [-0.2, -0.15) is 4.98 Å². The van der Waals surface area contributed by atoms with Gasteiger partial charge >= 0.3 is 5.69 Å². The second kappa shape index (κ2) is 5.42. The highest BCUT2D eigenvalue weighted by molar-refractivity contribution is 5.06. The van der Waals surface area contributed by atoms with Gasteiger partial charge in [0, 0.05) is 50.7 Å². The minimum atomic E-state index is -0.127. The summed E-state index contributed by atoms with van der Waals surface area (Å²) in [5, 5.41) is 3.32. The van der Waals surface area contributed by atoms with Crippen molar-refractivity contribution < 1.29 is 0 Å². The first-order valence-corrected chi connectivity index (χ1v) is 6.15. The molecule has 0 aromatic carbocycles. The average Bonchev–Trinajstić information content (AvgIpc) is 2.29. The Kier molecular flexibility index (Phi) is 3.91. The van der Waals surface area contributed by atoms with Crippen LogP contribution in [-0.2, 0) is 6.54 Å². The highest BCUT2D eigenvalue weighted by Gasteiger charge is 2.10. The second-order valence-electron chi connectivity index (χ2n) is 4.56. The summed E-state index contributed by atoms with van der Waals surface area (Å²) < 4.78 is 1.76. The zero-order valence-electron chi connectivity index (χ0n) is 10.6. The minimum Gasteiger partial charge on any atom is -0.314 e. The lowest BCUT2D eigenvalue weighted by Crippen LogP contribution is -2.45. The first-order valence-electron chi connectivity index (χ1n) is 6.15. The van der Waals surface area contributed by atoms with Crippen molar-refractivity contribution in [1.29, 1.82) is 0 Å². The van der Waals surface area contributed by atoms with Gasteiger partial charge in [0.2, 0.25) is 0 Å². The van der Waals surface area contributed by atoms with Crippen LogP contribution >= 0.6 is 0 Å². The molecule has 0 bridgehead atoms. The van der Waals surface area contributed by atoms with E-state index in [-0.39, 0.29) is 5.69 Å². The topological polar surface area (TPSA) is 50.2 Å². The molecule has 1 saturated heterocycles. The number of rotatable bonds is 3. The highest BCUT2D eigenvalue weighted by atomic mass is 16.1. The molecule has 94 valence electrons. The predicted molar refractivity (Wildman–Crippen MR) is 67.3 cm³/mol.